The van der Waals surface area contributed by atoms with Crippen LogP contribution in [0.2, 0.25) is 0 Å². The number of benzene rings is 2. The summed E-state index contributed by atoms with van der Waals surface area (Å²) in [6.45, 7) is 2.34. The fourth-order valence-electron chi connectivity index (χ4n) is 2.36. The summed E-state index contributed by atoms with van der Waals surface area (Å²) < 4.78 is 4.81. The van der Waals surface area contributed by atoms with Crippen LogP contribution in [0.3, 0.4) is 0 Å². The molecule has 0 bridgehead atoms. The lowest BCUT2D eigenvalue weighted by Crippen LogP contribution is -2.26. The molecule has 2 aromatic rings. The zero-order valence-corrected chi connectivity index (χ0v) is 15.1. The molecule has 0 unspecified atom stereocenters. The van der Waals surface area contributed by atoms with Gasteiger partial charge in [0.25, 0.3) is 5.91 Å². The number of anilines is 1. The van der Waals surface area contributed by atoms with Gasteiger partial charge in [-0.05, 0) is 31.0 Å². The summed E-state index contributed by atoms with van der Waals surface area (Å²) in [5.74, 6) is -0.950. The zero-order valence-electron chi connectivity index (χ0n) is 15.1. The minimum atomic E-state index is -0.711. The van der Waals surface area contributed by atoms with Crippen LogP contribution in [0.5, 0.6) is 0 Å². The first-order valence-electron chi connectivity index (χ1n) is 8.60. The van der Waals surface area contributed by atoms with Crippen LogP contribution in [0.25, 0.3) is 0 Å². The number of para-hydroxylation sites is 1. The Morgan fingerprint density at radius 3 is 2.52 bits per heavy atom. The first-order chi connectivity index (χ1) is 13.2. The highest BCUT2D eigenvalue weighted by molar-refractivity contribution is 6.00. The van der Waals surface area contributed by atoms with Gasteiger partial charge < -0.3 is 15.4 Å². The number of amides is 1. The SMILES string of the molecule is CCOC(=O)/C(C#N)=C/Nc1ccccc1C(=O)NCCc1ccccc1. The number of carbonyl (C=O) groups is 2. The fraction of sp³-hybridized carbons (Fsp3) is 0.190. The van der Waals surface area contributed by atoms with E-state index in [1.807, 2.05) is 30.3 Å². The van der Waals surface area contributed by atoms with E-state index in [4.69, 9.17) is 10.00 Å². The van der Waals surface area contributed by atoms with Crippen LogP contribution in [0.1, 0.15) is 22.8 Å². The van der Waals surface area contributed by atoms with Gasteiger partial charge in [-0.25, -0.2) is 4.79 Å². The van der Waals surface area contributed by atoms with Gasteiger partial charge in [0, 0.05) is 12.7 Å². The summed E-state index contributed by atoms with van der Waals surface area (Å²) in [6, 6.07) is 18.5. The molecule has 0 saturated carbocycles. The summed E-state index contributed by atoms with van der Waals surface area (Å²) in [4.78, 5) is 24.1. The lowest BCUT2D eigenvalue weighted by atomic mass is 10.1. The molecule has 6 heteroatoms. The molecule has 1 amide bonds. The summed E-state index contributed by atoms with van der Waals surface area (Å²) >= 11 is 0. The van der Waals surface area contributed by atoms with Gasteiger partial charge in [-0.2, -0.15) is 5.26 Å². The average molecular weight is 363 g/mol. The summed E-state index contributed by atoms with van der Waals surface area (Å²) in [7, 11) is 0. The predicted octanol–water partition coefficient (Wildman–Crippen LogP) is 3.04. The van der Waals surface area contributed by atoms with E-state index in [9.17, 15) is 9.59 Å². The summed E-state index contributed by atoms with van der Waals surface area (Å²) in [5.41, 5.74) is 1.88. The van der Waals surface area contributed by atoms with Crippen LogP contribution in [0.4, 0.5) is 5.69 Å². The lowest BCUT2D eigenvalue weighted by Gasteiger charge is -2.10. The molecular formula is C21H21N3O3. The van der Waals surface area contributed by atoms with E-state index in [-0.39, 0.29) is 18.1 Å². The summed E-state index contributed by atoms with van der Waals surface area (Å²) in [5, 5.41) is 14.8. The van der Waals surface area contributed by atoms with Gasteiger partial charge in [0.2, 0.25) is 0 Å². The van der Waals surface area contributed by atoms with E-state index in [1.165, 1.54) is 6.20 Å². The van der Waals surface area contributed by atoms with Crippen molar-refractivity contribution in [3.05, 3.63) is 77.5 Å². The molecule has 0 spiro atoms. The Kier molecular flexibility index (Phi) is 7.61. The van der Waals surface area contributed by atoms with Crippen molar-refractivity contribution in [2.45, 2.75) is 13.3 Å². The maximum Gasteiger partial charge on any atom is 0.350 e. The smallest absolute Gasteiger partial charge is 0.350 e. The van der Waals surface area contributed by atoms with Crippen LogP contribution >= 0.6 is 0 Å². The number of esters is 1. The molecule has 6 nitrogen and oxygen atoms in total. The molecule has 2 aromatic carbocycles. The van der Waals surface area contributed by atoms with E-state index >= 15 is 0 Å². The monoisotopic (exact) mass is 363 g/mol. The minimum Gasteiger partial charge on any atom is -0.462 e. The van der Waals surface area contributed by atoms with Gasteiger partial charge in [-0.3, -0.25) is 4.79 Å². The Labute approximate surface area is 158 Å². The van der Waals surface area contributed by atoms with E-state index in [1.54, 1.807) is 37.3 Å². The number of nitrogens with one attached hydrogen (secondary N) is 2. The largest absolute Gasteiger partial charge is 0.462 e. The highest BCUT2D eigenvalue weighted by atomic mass is 16.5. The molecule has 0 heterocycles. The molecule has 0 aliphatic rings. The average Bonchev–Trinajstić information content (AvgIpc) is 2.69. The highest BCUT2D eigenvalue weighted by Crippen LogP contribution is 2.15. The molecule has 0 atom stereocenters. The van der Waals surface area contributed by atoms with Gasteiger partial charge in [0.1, 0.15) is 6.07 Å². The van der Waals surface area contributed by atoms with E-state index < -0.39 is 5.97 Å². The third kappa shape index (κ3) is 6.01. The van der Waals surface area contributed by atoms with Crippen LogP contribution in [-0.4, -0.2) is 25.0 Å². The maximum atomic E-state index is 12.5. The Bertz CT molecular complexity index is 854. The number of ether oxygens (including phenoxy) is 1. The van der Waals surface area contributed by atoms with Crippen LogP contribution in [-0.2, 0) is 16.0 Å². The van der Waals surface area contributed by atoms with E-state index in [2.05, 4.69) is 10.6 Å². The number of nitriles is 1. The Morgan fingerprint density at radius 2 is 1.81 bits per heavy atom. The van der Waals surface area contributed by atoms with Crippen molar-refractivity contribution in [2.24, 2.45) is 0 Å². The molecule has 0 aliphatic heterocycles. The lowest BCUT2D eigenvalue weighted by molar-refractivity contribution is -0.138. The number of hydrogen-bond donors (Lipinski definition) is 2. The van der Waals surface area contributed by atoms with Crippen LogP contribution < -0.4 is 10.6 Å². The zero-order chi connectivity index (χ0) is 19.5. The molecule has 2 rings (SSSR count). The second kappa shape index (κ2) is 10.4. The van der Waals surface area contributed by atoms with Gasteiger partial charge >= 0.3 is 5.97 Å². The molecule has 0 radical (unpaired) electrons. The minimum absolute atomic E-state index is 0.170. The van der Waals surface area contributed by atoms with Crippen molar-refractivity contribution < 1.29 is 14.3 Å². The molecule has 138 valence electrons. The van der Waals surface area contributed by atoms with Crippen molar-refractivity contribution in [2.75, 3.05) is 18.5 Å². The molecule has 0 saturated heterocycles. The number of nitrogens with zero attached hydrogens (tertiary/aromatic N) is 1. The van der Waals surface area contributed by atoms with E-state index in [0.29, 0.717) is 17.8 Å². The first kappa shape index (κ1) is 19.7. The van der Waals surface area contributed by atoms with Crippen molar-refractivity contribution >= 4 is 17.6 Å². The number of carbonyl (C=O) groups excluding carboxylic acids is 2. The second-order valence-electron chi connectivity index (χ2n) is 5.57. The van der Waals surface area contributed by atoms with E-state index in [0.717, 1.165) is 12.0 Å². The van der Waals surface area contributed by atoms with Crippen LogP contribution in [0, 0.1) is 11.3 Å². The molecular weight excluding hydrogens is 342 g/mol. The van der Waals surface area contributed by atoms with Gasteiger partial charge in [-0.15, -0.1) is 0 Å². The third-order valence-corrected chi connectivity index (χ3v) is 3.70. The molecule has 0 fully saturated rings. The van der Waals surface area contributed by atoms with Crippen molar-refractivity contribution in [3.8, 4) is 6.07 Å². The Morgan fingerprint density at radius 1 is 1.11 bits per heavy atom. The second-order valence-corrected chi connectivity index (χ2v) is 5.57. The molecule has 2 N–H and O–H groups in total. The molecule has 0 aromatic heterocycles. The van der Waals surface area contributed by atoms with Crippen LogP contribution in [0.15, 0.2) is 66.4 Å². The maximum absolute atomic E-state index is 12.5. The highest BCUT2D eigenvalue weighted by Gasteiger charge is 2.12. The van der Waals surface area contributed by atoms with Crippen molar-refractivity contribution in [3.63, 3.8) is 0 Å². The summed E-state index contributed by atoms with van der Waals surface area (Å²) in [6.07, 6.45) is 1.97. The van der Waals surface area contributed by atoms with Crippen molar-refractivity contribution in [1.82, 2.24) is 5.32 Å². The topological polar surface area (TPSA) is 91.2 Å². The first-order valence-corrected chi connectivity index (χ1v) is 8.60. The molecule has 0 aliphatic carbocycles. The number of rotatable bonds is 8. The van der Waals surface area contributed by atoms with Gasteiger partial charge in [0.05, 0.1) is 17.9 Å². The third-order valence-electron chi connectivity index (χ3n) is 3.70. The van der Waals surface area contributed by atoms with Gasteiger partial charge in [0.15, 0.2) is 5.57 Å². The molecule has 27 heavy (non-hydrogen) atoms. The fourth-order valence-corrected chi connectivity index (χ4v) is 2.36. The quantitative estimate of drug-likeness (QED) is 0.427. The Hall–Kier alpha value is -3.59. The van der Waals surface area contributed by atoms with Crippen molar-refractivity contribution in [1.29, 1.82) is 5.26 Å². The normalized spacial score (nSPS) is 10.6. The van der Waals surface area contributed by atoms with Gasteiger partial charge in [-0.1, -0.05) is 42.5 Å². The standard InChI is InChI=1S/C21H21N3O3/c1-2-27-21(26)17(14-22)15-24-19-11-7-6-10-18(19)20(25)23-13-12-16-8-4-3-5-9-16/h3-11,15,24H,2,12-13H2,1H3,(H,23,25)/b17-15+. The predicted molar refractivity (Wildman–Crippen MR) is 103 cm³/mol. The Balaban J connectivity index is 2.02. The number of hydrogen-bond acceptors (Lipinski definition) is 5.